The number of rotatable bonds is 8. The minimum Gasteiger partial charge on any atom is -0.452 e. The SMILES string of the molecule is CCCCn1nc(C(=O)OCC(=O)c2cc(C)n(C(C)C)c2C)c2ccccc2c1=O. The van der Waals surface area contributed by atoms with Crippen LogP contribution in [0.25, 0.3) is 10.8 Å². The van der Waals surface area contributed by atoms with Gasteiger partial charge in [-0.05, 0) is 46.2 Å². The Morgan fingerprint density at radius 2 is 1.81 bits per heavy atom. The fourth-order valence-electron chi connectivity index (χ4n) is 3.98. The lowest BCUT2D eigenvalue weighted by atomic mass is 10.1. The van der Waals surface area contributed by atoms with Crippen LogP contribution in [0.1, 0.15) is 71.9 Å². The summed E-state index contributed by atoms with van der Waals surface area (Å²) in [6.07, 6.45) is 1.66. The van der Waals surface area contributed by atoms with Crippen molar-refractivity contribution in [2.24, 2.45) is 0 Å². The molecule has 0 aliphatic heterocycles. The first kappa shape index (κ1) is 22.5. The molecule has 1 aromatic carbocycles. The van der Waals surface area contributed by atoms with Crippen molar-refractivity contribution in [2.75, 3.05) is 6.61 Å². The Morgan fingerprint density at radius 1 is 1.13 bits per heavy atom. The van der Waals surface area contributed by atoms with Crippen molar-refractivity contribution in [2.45, 2.75) is 60.0 Å². The molecule has 7 heteroatoms. The molecule has 0 bridgehead atoms. The molecule has 7 nitrogen and oxygen atoms in total. The number of esters is 1. The Bertz CT molecular complexity index is 1190. The maximum Gasteiger partial charge on any atom is 0.359 e. The van der Waals surface area contributed by atoms with Crippen molar-refractivity contribution in [3.63, 3.8) is 0 Å². The van der Waals surface area contributed by atoms with E-state index in [0.29, 0.717) is 22.9 Å². The van der Waals surface area contributed by atoms with E-state index in [1.54, 1.807) is 24.3 Å². The van der Waals surface area contributed by atoms with Gasteiger partial charge in [0.05, 0.1) is 5.39 Å². The zero-order chi connectivity index (χ0) is 22.7. The number of fused-ring (bicyclic) bond motifs is 1. The largest absolute Gasteiger partial charge is 0.452 e. The van der Waals surface area contributed by atoms with Gasteiger partial charge >= 0.3 is 5.97 Å². The molecule has 0 amide bonds. The number of ketones is 1. The van der Waals surface area contributed by atoms with Gasteiger partial charge in [0.1, 0.15) is 0 Å². The second-order valence-electron chi connectivity index (χ2n) is 8.02. The summed E-state index contributed by atoms with van der Waals surface area (Å²) in [7, 11) is 0. The average molecular weight is 424 g/mol. The highest BCUT2D eigenvalue weighted by atomic mass is 16.5. The summed E-state index contributed by atoms with van der Waals surface area (Å²) < 4.78 is 8.72. The highest BCUT2D eigenvalue weighted by Gasteiger charge is 2.21. The molecule has 0 unspecified atom stereocenters. The lowest BCUT2D eigenvalue weighted by Gasteiger charge is -2.13. The Kier molecular flexibility index (Phi) is 6.73. The van der Waals surface area contributed by atoms with Crippen LogP contribution in [-0.4, -0.2) is 32.7 Å². The van der Waals surface area contributed by atoms with E-state index >= 15 is 0 Å². The normalized spacial score (nSPS) is 11.3. The van der Waals surface area contributed by atoms with Gasteiger partial charge in [-0.2, -0.15) is 5.10 Å². The third-order valence-corrected chi connectivity index (χ3v) is 5.42. The molecule has 31 heavy (non-hydrogen) atoms. The number of ether oxygens (including phenoxy) is 1. The summed E-state index contributed by atoms with van der Waals surface area (Å²) in [6.45, 7) is 10.00. The van der Waals surface area contributed by atoms with E-state index in [1.807, 2.05) is 26.8 Å². The van der Waals surface area contributed by atoms with E-state index in [9.17, 15) is 14.4 Å². The van der Waals surface area contributed by atoms with Gasteiger partial charge in [-0.1, -0.05) is 31.5 Å². The smallest absolute Gasteiger partial charge is 0.359 e. The maximum absolute atomic E-state index is 12.8. The number of benzene rings is 1. The molecular weight excluding hydrogens is 394 g/mol. The topological polar surface area (TPSA) is 83.2 Å². The summed E-state index contributed by atoms with van der Waals surface area (Å²) in [4.78, 5) is 38.3. The van der Waals surface area contributed by atoms with Crippen molar-refractivity contribution in [1.29, 1.82) is 0 Å². The van der Waals surface area contributed by atoms with Crippen LogP contribution in [0.4, 0.5) is 0 Å². The Morgan fingerprint density at radius 3 is 2.42 bits per heavy atom. The van der Waals surface area contributed by atoms with Crippen LogP contribution in [0, 0.1) is 13.8 Å². The van der Waals surface area contributed by atoms with E-state index in [4.69, 9.17) is 4.74 Å². The molecule has 0 N–H and O–H groups in total. The van der Waals surface area contributed by atoms with Gasteiger partial charge in [-0.25, -0.2) is 9.48 Å². The summed E-state index contributed by atoms with van der Waals surface area (Å²) >= 11 is 0. The molecule has 3 aromatic rings. The number of hydrogen-bond acceptors (Lipinski definition) is 5. The average Bonchev–Trinajstić information content (AvgIpc) is 3.05. The van der Waals surface area contributed by atoms with E-state index in [2.05, 4.69) is 23.5 Å². The first-order valence-corrected chi connectivity index (χ1v) is 10.6. The summed E-state index contributed by atoms with van der Waals surface area (Å²) in [5.74, 6) is -0.982. The monoisotopic (exact) mass is 423 g/mol. The molecule has 0 fully saturated rings. The third-order valence-electron chi connectivity index (χ3n) is 5.42. The van der Waals surface area contributed by atoms with Gasteiger partial charge in [0.25, 0.3) is 5.56 Å². The lowest BCUT2D eigenvalue weighted by molar-refractivity contribution is 0.0468. The summed E-state index contributed by atoms with van der Waals surface area (Å²) in [6, 6.07) is 8.88. The highest BCUT2D eigenvalue weighted by molar-refractivity contribution is 6.04. The molecule has 0 radical (unpaired) electrons. The fraction of sp³-hybridized carbons (Fsp3) is 0.417. The van der Waals surface area contributed by atoms with Crippen LogP contribution in [0.3, 0.4) is 0 Å². The van der Waals surface area contributed by atoms with Crippen LogP contribution >= 0.6 is 0 Å². The number of carbonyl (C=O) groups is 2. The molecule has 0 aliphatic rings. The second-order valence-corrected chi connectivity index (χ2v) is 8.02. The van der Waals surface area contributed by atoms with Crippen LogP contribution in [-0.2, 0) is 11.3 Å². The van der Waals surface area contributed by atoms with Gasteiger partial charge in [0, 0.05) is 34.9 Å². The van der Waals surface area contributed by atoms with Crippen LogP contribution in [0.2, 0.25) is 0 Å². The maximum atomic E-state index is 12.8. The number of aryl methyl sites for hydroxylation is 2. The van der Waals surface area contributed by atoms with Crippen LogP contribution in [0.5, 0.6) is 0 Å². The molecule has 3 rings (SSSR count). The minimum atomic E-state index is -0.715. The van der Waals surface area contributed by atoms with E-state index in [-0.39, 0.29) is 29.7 Å². The van der Waals surface area contributed by atoms with Gasteiger partial charge in [-0.15, -0.1) is 0 Å². The van der Waals surface area contributed by atoms with Crippen LogP contribution < -0.4 is 5.56 Å². The molecule has 0 aliphatic carbocycles. The molecule has 0 atom stereocenters. The van der Waals surface area contributed by atoms with Crippen molar-refractivity contribution < 1.29 is 14.3 Å². The van der Waals surface area contributed by atoms with Gasteiger partial charge < -0.3 is 9.30 Å². The van der Waals surface area contributed by atoms with Gasteiger partial charge in [0.2, 0.25) is 5.78 Å². The predicted molar refractivity (Wildman–Crippen MR) is 120 cm³/mol. The Balaban J connectivity index is 1.87. The summed E-state index contributed by atoms with van der Waals surface area (Å²) in [5.41, 5.74) is 2.19. The number of nitrogens with zero attached hydrogens (tertiary/aromatic N) is 3. The standard InChI is InChI=1S/C24H29N3O4/c1-6-7-12-26-23(29)19-11-9-8-10-18(19)22(25-26)24(30)31-14-21(28)20-13-16(4)27(15(2)3)17(20)5/h8-11,13,15H,6-7,12,14H2,1-5H3. The van der Waals surface area contributed by atoms with Crippen molar-refractivity contribution >= 4 is 22.5 Å². The number of Topliss-reactive ketones (excluding diaryl/α,β-unsaturated/α-hetero) is 1. The summed E-state index contributed by atoms with van der Waals surface area (Å²) in [5, 5.41) is 5.10. The zero-order valence-corrected chi connectivity index (χ0v) is 18.8. The predicted octanol–water partition coefficient (Wildman–Crippen LogP) is 4.24. The first-order valence-electron chi connectivity index (χ1n) is 10.6. The molecule has 2 aromatic heterocycles. The van der Waals surface area contributed by atoms with Crippen molar-refractivity contribution in [1.82, 2.24) is 14.3 Å². The Labute approximate surface area is 181 Å². The molecule has 0 saturated carbocycles. The minimum absolute atomic E-state index is 0.0479. The zero-order valence-electron chi connectivity index (χ0n) is 18.8. The van der Waals surface area contributed by atoms with E-state index in [0.717, 1.165) is 24.2 Å². The van der Waals surface area contributed by atoms with Crippen LogP contribution in [0.15, 0.2) is 35.1 Å². The number of hydrogen-bond donors (Lipinski definition) is 0. The quantitative estimate of drug-likeness (QED) is 0.400. The van der Waals surface area contributed by atoms with E-state index < -0.39 is 5.97 Å². The molecular formula is C24H29N3O4. The van der Waals surface area contributed by atoms with Crippen molar-refractivity contribution in [3.8, 4) is 0 Å². The molecule has 164 valence electrons. The highest BCUT2D eigenvalue weighted by Crippen LogP contribution is 2.21. The van der Waals surface area contributed by atoms with Crippen molar-refractivity contribution in [3.05, 3.63) is 63.3 Å². The van der Waals surface area contributed by atoms with Gasteiger partial charge in [-0.3, -0.25) is 9.59 Å². The molecule has 0 spiro atoms. The Hall–Kier alpha value is -3.22. The number of unbranched alkanes of at least 4 members (excludes halogenated alkanes) is 1. The van der Waals surface area contributed by atoms with E-state index in [1.165, 1.54) is 4.68 Å². The molecule has 0 saturated heterocycles. The number of aromatic nitrogens is 3. The first-order chi connectivity index (χ1) is 14.8. The molecule has 2 heterocycles. The number of carbonyl (C=O) groups excluding carboxylic acids is 2. The fourth-order valence-corrected chi connectivity index (χ4v) is 3.98. The van der Waals surface area contributed by atoms with Gasteiger partial charge in [0.15, 0.2) is 12.3 Å². The lowest BCUT2D eigenvalue weighted by Crippen LogP contribution is -2.27. The second kappa shape index (κ2) is 9.29. The third kappa shape index (κ3) is 4.45.